The fraction of sp³-hybridized carbons (Fsp3) is 0.333. The maximum atomic E-state index is 12.0. The molecule has 0 bridgehead atoms. The monoisotopic (exact) mass is 234 g/mol. The smallest absolute Gasteiger partial charge is 0.414 e. The topological polar surface area (TPSA) is 49.9 Å². The van der Waals surface area contributed by atoms with Crippen LogP contribution >= 0.6 is 0 Å². The van der Waals surface area contributed by atoms with Gasteiger partial charge in [0.25, 0.3) is 5.91 Å². The van der Waals surface area contributed by atoms with E-state index < -0.39 is 6.09 Å². The standard InChI is InChI=1S/C12H14N2O3/c1-13(2)11(15)9-5-3-4-6-10(9)14-7-8-17-12(14)16/h3-6H,7-8H2,1-2H3. The molecule has 1 heterocycles. The summed E-state index contributed by atoms with van der Waals surface area (Å²) >= 11 is 0. The minimum atomic E-state index is -0.399. The zero-order valence-electron chi connectivity index (χ0n) is 9.84. The molecule has 0 atom stereocenters. The maximum Gasteiger partial charge on any atom is 0.414 e. The fourth-order valence-electron chi connectivity index (χ4n) is 1.74. The van der Waals surface area contributed by atoms with Crippen LogP contribution in [0.4, 0.5) is 10.5 Å². The van der Waals surface area contributed by atoms with Gasteiger partial charge >= 0.3 is 6.09 Å². The fourth-order valence-corrected chi connectivity index (χ4v) is 1.74. The molecule has 1 aliphatic heterocycles. The minimum absolute atomic E-state index is 0.125. The van der Waals surface area contributed by atoms with Gasteiger partial charge in [-0.05, 0) is 12.1 Å². The molecule has 1 aliphatic rings. The predicted molar refractivity (Wildman–Crippen MR) is 63.2 cm³/mol. The molecule has 1 fully saturated rings. The number of anilines is 1. The molecule has 0 spiro atoms. The van der Waals surface area contributed by atoms with Gasteiger partial charge in [-0.3, -0.25) is 9.69 Å². The number of para-hydroxylation sites is 1. The van der Waals surface area contributed by atoms with Crippen molar-refractivity contribution in [1.82, 2.24) is 4.90 Å². The van der Waals surface area contributed by atoms with Crippen molar-refractivity contribution in [2.75, 3.05) is 32.1 Å². The Bertz CT molecular complexity index is 457. The van der Waals surface area contributed by atoms with Gasteiger partial charge in [0.2, 0.25) is 0 Å². The molecule has 0 saturated carbocycles. The molecule has 0 aromatic heterocycles. The predicted octanol–water partition coefficient (Wildman–Crippen LogP) is 1.34. The Labute approximate surface area is 99.6 Å². The van der Waals surface area contributed by atoms with Crippen LogP contribution in [0.3, 0.4) is 0 Å². The van der Waals surface area contributed by atoms with Gasteiger partial charge in [0.15, 0.2) is 0 Å². The van der Waals surface area contributed by atoms with Gasteiger partial charge in [0.05, 0.1) is 17.8 Å². The molecule has 2 amide bonds. The highest BCUT2D eigenvalue weighted by molar-refractivity contribution is 6.03. The number of amides is 2. The molecule has 0 radical (unpaired) electrons. The molecule has 1 aromatic rings. The van der Waals surface area contributed by atoms with E-state index in [9.17, 15) is 9.59 Å². The molecule has 0 N–H and O–H groups in total. The van der Waals surface area contributed by atoms with Gasteiger partial charge in [-0.1, -0.05) is 12.1 Å². The van der Waals surface area contributed by atoms with Crippen molar-refractivity contribution in [3.05, 3.63) is 29.8 Å². The highest BCUT2D eigenvalue weighted by atomic mass is 16.6. The first-order valence-corrected chi connectivity index (χ1v) is 5.36. The van der Waals surface area contributed by atoms with Gasteiger partial charge in [-0.15, -0.1) is 0 Å². The average Bonchev–Trinajstić information content (AvgIpc) is 2.74. The second-order valence-corrected chi connectivity index (χ2v) is 3.98. The van der Waals surface area contributed by atoms with Crippen LogP contribution in [0, 0.1) is 0 Å². The third-order valence-electron chi connectivity index (χ3n) is 2.59. The van der Waals surface area contributed by atoms with Crippen LogP contribution in [0.1, 0.15) is 10.4 Å². The van der Waals surface area contributed by atoms with Gasteiger partial charge < -0.3 is 9.64 Å². The molecular formula is C12H14N2O3. The molecule has 1 saturated heterocycles. The summed E-state index contributed by atoms with van der Waals surface area (Å²) in [5.41, 5.74) is 1.12. The van der Waals surface area contributed by atoms with E-state index in [2.05, 4.69) is 0 Å². The number of cyclic esters (lactones) is 1. The second-order valence-electron chi connectivity index (χ2n) is 3.98. The number of hydrogen-bond donors (Lipinski definition) is 0. The summed E-state index contributed by atoms with van der Waals surface area (Å²) in [4.78, 5) is 26.4. The van der Waals surface area contributed by atoms with E-state index in [-0.39, 0.29) is 5.91 Å². The number of benzene rings is 1. The van der Waals surface area contributed by atoms with Crippen LogP contribution < -0.4 is 4.90 Å². The van der Waals surface area contributed by atoms with Gasteiger partial charge in [-0.2, -0.15) is 0 Å². The molecule has 2 rings (SSSR count). The zero-order valence-corrected chi connectivity index (χ0v) is 9.84. The Morgan fingerprint density at radius 2 is 2.06 bits per heavy atom. The molecule has 0 aliphatic carbocycles. The maximum absolute atomic E-state index is 12.0. The lowest BCUT2D eigenvalue weighted by molar-refractivity contribution is 0.0828. The van der Waals surface area contributed by atoms with E-state index in [1.807, 2.05) is 0 Å². The van der Waals surface area contributed by atoms with Gasteiger partial charge in [0, 0.05) is 14.1 Å². The Hall–Kier alpha value is -2.04. The lowest BCUT2D eigenvalue weighted by Gasteiger charge is -2.18. The number of carbonyl (C=O) groups is 2. The number of ether oxygens (including phenoxy) is 1. The second kappa shape index (κ2) is 4.45. The number of nitrogens with zero attached hydrogens (tertiary/aromatic N) is 2. The van der Waals surface area contributed by atoms with Crippen molar-refractivity contribution in [2.45, 2.75) is 0 Å². The van der Waals surface area contributed by atoms with Crippen LogP contribution in [0.2, 0.25) is 0 Å². The third-order valence-corrected chi connectivity index (χ3v) is 2.59. The first-order chi connectivity index (χ1) is 8.11. The average molecular weight is 234 g/mol. The highest BCUT2D eigenvalue weighted by Crippen LogP contribution is 2.24. The quantitative estimate of drug-likeness (QED) is 0.776. The summed E-state index contributed by atoms with van der Waals surface area (Å²) in [7, 11) is 3.36. The van der Waals surface area contributed by atoms with Crippen molar-refractivity contribution in [3.63, 3.8) is 0 Å². The lowest BCUT2D eigenvalue weighted by Crippen LogP contribution is -2.28. The van der Waals surface area contributed by atoms with Crippen LogP contribution in [-0.2, 0) is 4.74 Å². The first kappa shape index (κ1) is 11.4. The Balaban J connectivity index is 2.40. The molecule has 0 unspecified atom stereocenters. The highest BCUT2D eigenvalue weighted by Gasteiger charge is 2.27. The van der Waals surface area contributed by atoms with E-state index in [0.29, 0.717) is 24.4 Å². The van der Waals surface area contributed by atoms with Crippen LogP contribution in [-0.4, -0.2) is 44.1 Å². The van der Waals surface area contributed by atoms with Crippen molar-refractivity contribution in [1.29, 1.82) is 0 Å². The van der Waals surface area contributed by atoms with Crippen molar-refractivity contribution in [2.24, 2.45) is 0 Å². The summed E-state index contributed by atoms with van der Waals surface area (Å²) in [5, 5.41) is 0. The summed E-state index contributed by atoms with van der Waals surface area (Å²) < 4.78 is 4.88. The van der Waals surface area contributed by atoms with E-state index >= 15 is 0 Å². The normalized spacial score (nSPS) is 14.7. The van der Waals surface area contributed by atoms with Crippen molar-refractivity contribution >= 4 is 17.7 Å². The van der Waals surface area contributed by atoms with E-state index in [1.165, 1.54) is 9.80 Å². The molecule has 1 aromatic carbocycles. The largest absolute Gasteiger partial charge is 0.447 e. The van der Waals surface area contributed by atoms with Crippen molar-refractivity contribution < 1.29 is 14.3 Å². The summed E-state index contributed by atoms with van der Waals surface area (Å²) in [6.45, 7) is 0.847. The van der Waals surface area contributed by atoms with Crippen LogP contribution in [0.5, 0.6) is 0 Å². The molecule has 5 nitrogen and oxygen atoms in total. The molecule has 17 heavy (non-hydrogen) atoms. The first-order valence-electron chi connectivity index (χ1n) is 5.36. The summed E-state index contributed by atoms with van der Waals surface area (Å²) in [6.07, 6.45) is -0.399. The minimum Gasteiger partial charge on any atom is -0.447 e. The SMILES string of the molecule is CN(C)C(=O)c1ccccc1N1CCOC1=O. The van der Waals surface area contributed by atoms with Gasteiger partial charge in [0.1, 0.15) is 6.61 Å². The Morgan fingerprint density at radius 1 is 1.35 bits per heavy atom. The summed E-state index contributed by atoms with van der Waals surface area (Å²) in [6, 6.07) is 7.04. The van der Waals surface area contributed by atoms with Crippen LogP contribution in [0.15, 0.2) is 24.3 Å². The summed E-state index contributed by atoms with van der Waals surface area (Å²) in [5.74, 6) is -0.125. The van der Waals surface area contributed by atoms with Crippen LogP contribution in [0.25, 0.3) is 0 Å². The van der Waals surface area contributed by atoms with E-state index in [1.54, 1.807) is 38.4 Å². The molecule has 5 heteroatoms. The number of rotatable bonds is 2. The Kier molecular flexibility index (Phi) is 2.99. The number of carbonyl (C=O) groups excluding carboxylic acids is 2. The third kappa shape index (κ3) is 2.08. The van der Waals surface area contributed by atoms with E-state index in [4.69, 9.17) is 4.74 Å². The van der Waals surface area contributed by atoms with Crippen molar-refractivity contribution in [3.8, 4) is 0 Å². The van der Waals surface area contributed by atoms with E-state index in [0.717, 1.165) is 0 Å². The molecular weight excluding hydrogens is 220 g/mol. The number of hydrogen-bond acceptors (Lipinski definition) is 3. The molecule has 90 valence electrons. The zero-order chi connectivity index (χ0) is 12.4. The lowest BCUT2D eigenvalue weighted by atomic mass is 10.1. The van der Waals surface area contributed by atoms with Gasteiger partial charge in [-0.25, -0.2) is 4.79 Å². The Morgan fingerprint density at radius 3 is 2.65 bits per heavy atom.